The number of nitrogens with one attached hydrogen (secondary N) is 2. The van der Waals surface area contributed by atoms with Crippen molar-refractivity contribution in [3.05, 3.63) is 58.7 Å². The van der Waals surface area contributed by atoms with E-state index in [0.29, 0.717) is 37.6 Å². The predicted molar refractivity (Wildman–Crippen MR) is 141 cm³/mol. The lowest BCUT2D eigenvalue weighted by Gasteiger charge is -2.22. The van der Waals surface area contributed by atoms with Crippen molar-refractivity contribution in [2.75, 3.05) is 26.9 Å². The van der Waals surface area contributed by atoms with Gasteiger partial charge in [-0.05, 0) is 81.8 Å². The van der Waals surface area contributed by atoms with Gasteiger partial charge in [0, 0.05) is 13.1 Å². The third-order valence-corrected chi connectivity index (χ3v) is 5.77. The molecule has 0 aromatic heterocycles. The van der Waals surface area contributed by atoms with E-state index in [-0.39, 0.29) is 24.6 Å². The van der Waals surface area contributed by atoms with Crippen LogP contribution in [0.25, 0.3) is 0 Å². The molecule has 0 heterocycles. The molecule has 8 nitrogen and oxygen atoms in total. The number of benzene rings is 2. The van der Waals surface area contributed by atoms with Crippen LogP contribution < -0.4 is 25.8 Å². The fourth-order valence-electron chi connectivity index (χ4n) is 3.42. The quantitative estimate of drug-likeness (QED) is 0.380. The second kappa shape index (κ2) is 13.7. The molecule has 8 heteroatoms. The van der Waals surface area contributed by atoms with Crippen LogP contribution in [0.5, 0.6) is 11.5 Å². The van der Waals surface area contributed by atoms with Gasteiger partial charge < -0.3 is 30.6 Å². The van der Waals surface area contributed by atoms with E-state index in [2.05, 4.69) is 42.7 Å². The first kappa shape index (κ1) is 29.0. The van der Waals surface area contributed by atoms with Crippen molar-refractivity contribution in [1.29, 1.82) is 0 Å². The summed E-state index contributed by atoms with van der Waals surface area (Å²) in [6, 6.07) is 11.1. The maximum absolute atomic E-state index is 12.7. The minimum absolute atomic E-state index is 0.107. The Morgan fingerprint density at radius 3 is 2.36 bits per heavy atom. The number of urea groups is 1. The second-order valence-corrected chi connectivity index (χ2v) is 9.95. The minimum atomic E-state index is -0.611. The number of ether oxygens (including phenoxy) is 3. The number of hydrogen-bond acceptors (Lipinski definition) is 6. The summed E-state index contributed by atoms with van der Waals surface area (Å²) < 4.78 is 16.5. The van der Waals surface area contributed by atoms with Gasteiger partial charge in [-0.3, -0.25) is 4.79 Å². The van der Waals surface area contributed by atoms with E-state index < -0.39 is 5.41 Å². The van der Waals surface area contributed by atoms with Gasteiger partial charge in [0.15, 0.2) is 11.5 Å². The van der Waals surface area contributed by atoms with Crippen LogP contribution in [0.2, 0.25) is 0 Å². The first-order valence-corrected chi connectivity index (χ1v) is 12.3. The molecule has 0 fully saturated rings. The number of hydrogen-bond donors (Lipinski definition) is 3. The van der Waals surface area contributed by atoms with E-state index in [0.717, 1.165) is 12.0 Å². The second-order valence-electron chi connectivity index (χ2n) is 9.95. The highest BCUT2D eigenvalue weighted by atomic mass is 16.5. The van der Waals surface area contributed by atoms with Crippen LogP contribution >= 0.6 is 0 Å². The molecule has 2 amide bonds. The number of aryl methyl sites for hydroxylation is 3. The molecule has 4 N–H and O–H groups in total. The van der Waals surface area contributed by atoms with Gasteiger partial charge in [0.1, 0.15) is 13.2 Å². The molecule has 0 bridgehead atoms. The lowest BCUT2D eigenvalue weighted by molar-refractivity contribution is -0.153. The van der Waals surface area contributed by atoms with Crippen LogP contribution in [-0.4, -0.2) is 44.9 Å². The van der Waals surface area contributed by atoms with Gasteiger partial charge in [0.25, 0.3) is 0 Å². The van der Waals surface area contributed by atoms with Crippen molar-refractivity contribution in [2.45, 2.75) is 60.0 Å². The first-order chi connectivity index (χ1) is 17.0. The van der Waals surface area contributed by atoms with Crippen molar-refractivity contribution in [1.82, 2.24) is 10.6 Å². The molecule has 0 saturated carbocycles. The molecule has 1 unspecified atom stereocenters. The van der Waals surface area contributed by atoms with Crippen molar-refractivity contribution in [3.63, 3.8) is 0 Å². The highest BCUT2D eigenvalue weighted by Crippen LogP contribution is 2.28. The molecule has 0 saturated heterocycles. The minimum Gasteiger partial charge on any atom is -0.493 e. The van der Waals surface area contributed by atoms with Gasteiger partial charge in [0.2, 0.25) is 0 Å². The molecular formula is C28H41N3O5. The fourth-order valence-corrected chi connectivity index (χ4v) is 3.42. The Morgan fingerprint density at radius 2 is 1.72 bits per heavy atom. The van der Waals surface area contributed by atoms with Gasteiger partial charge in [-0.25, -0.2) is 4.79 Å². The molecular weight excluding hydrogens is 458 g/mol. The topological polar surface area (TPSA) is 112 Å². The third-order valence-electron chi connectivity index (χ3n) is 5.77. The Morgan fingerprint density at radius 1 is 1.00 bits per heavy atom. The van der Waals surface area contributed by atoms with Crippen LogP contribution in [0.4, 0.5) is 4.79 Å². The van der Waals surface area contributed by atoms with Crippen LogP contribution in [0.3, 0.4) is 0 Å². The monoisotopic (exact) mass is 499 g/mol. The Hall–Kier alpha value is -3.26. The summed E-state index contributed by atoms with van der Waals surface area (Å²) in [5.74, 6) is 0.872. The summed E-state index contributed by atoms with van der Waals surface area (Å²) in [6.07, 6.45) is 1.38. The smallest absolute Gasteiger partial charge is 0.315 e. The number of rotatable bonds is 12. The molecule has 2 aromatic carbocycles. The summed E-state index contributed by atoms with van der Waals surface area (Å²) in [6.45, 7) is 10.8. The normalized spacial score (nSPS) is 12.0. The summed E-state index contributed by atoms with van der Waals surface area (Å²) in [7, 11) is 1.56. The zero-order chi connectivity index (χ0) is 26.7. The van der Waals surface area contributed by atoms with Crippen LogP contribution in [-0.2, 0) is 22.5 Å². The van der Waals surface area contributed by atoms with E-state index in [1.807, 2.05) is 12.1 Å². The highest BCUT2D eigenvalue weighted by molar-refractivity contribution is 5.76. The van der Waals surface area contributed by atoms with E-state index >= 15 is 0 Å². The van der Waals surface area contributed by atoms with Gasteiger partial charge in [0.05, 0.1) is 18.6 Å². The van der Waals surface area contributed by atoms with Crippen molar-refractivity contribution < 1.29 is 23.8 Å². The van der Waals surface area contributed by atoms with Crippen LogP contribution in [0.1, 0.15) is 49.4 Å². The van der Waals surface area contributed by atoms with Crippen LogP contribution in [0.15, 0.2) is 36.4 Å². The summed E-state index contributed by atoms with van der Waals surface area (Å²) in [4.78, 5) is 25.0. The number of nitrogens with two attached hydrogens (primary N) is 1. The molecule has 2 rings (SSSR count). The predicted octanol–water partition coefficient (Wildman–Crippen LogP) is 4.04. The van der Waals surface area contributed by atoms with E-state index in [1.165, 1.54) is 16.7 Å². The molecule has 0 aliphatic heterocycles. The molecule has 0 spiro atoms. The number of methoxy groups -OCH3 is 1. The SMILES string of the molecule is COc1cc(CNC(=O)NC(CCc2ccc(C)c(C)c2)COC(=O)C(C)(C)C)ccc1OCCN. The average Bonchev–Trinajstić information content (AvgIpc) is 2.84. The molecule has 1 atom stereocenters. The zero-order valence-electron chi connectivity index (χ0n) is 22.4. The number of carbonyl (C=O) groups excluding carboxylic acids is 2. The standard InChI is InChI=1S/C28H41N3O5/c1-19-7-8-21(15-20(19)2)9-11-23(18-36-26(32)28(3,4)5)31-27(33)30-17-22-10-12-24(35-14-13-29)25(16-22)34-6/h7-8,10,12,15-16,23H,9,11,13-14,17-18,29H2,1-6H3,(H2,30,31,33). The van der Waals surface area contributed by atoms with Gasteiger partial charge in [-0.2, -0.15) is 0 Å². The number of esters is 1. The van der Waals surface area contributed by atoms with Gasteiger partial charge >= 0.3 is 12.0 Å². The molecule has 36 heavy (non-hydrogen) atoms. The van der Waals surface area contributed by atoms with Gasteiger partial charge in [-0.15, -0.1) is 0 Å². The zero-order valence-corrected chi connectivity index (χ0v) is 22.4. The number of carbonyl (C=O) groups is 2. The fraction of sp³-hybridized carbons (Fsp3) is 0.500. The highest BCUT2D eigenvalue weighted by Gasteiger charge is 2.24. The molecule has 0 radical (unpaired) electrons. The summed E-state index contributed by atoms with van der Waals surface area (Å²) in [5.41, 5.74) is 9.38. The average molecular weight is 500 g/mol. The lowest BCUT2D eigenvalue weighted by atomic mass is 9.97. The molecule has 2 aromatic rings. The largest absolute Gasteiger partial charge is 0.493 e. The molecule has 198 valence electrons. The number of amides is 2. The lowest BCUT2D eigenvalue weighted by Crippen LogP contribution is -2.45. The Labute approximate surface area is 214 Å². The Balaban J connectivity index is 1.99. The maximum atomic E-state index is 12.7. The van der Waals surface area contributed by atoms with E-state index in [4.69, 9.17) is 19.9 Å². The van der Waals surface area contributed by atoms with Gasteiger partial charge in [-0.1, -0.05) is 24.3 Å². The molecule has 0 aliphatic carbocycles. The van der Waals surface area contributed by atoms with Crippen molar-refractivity contribution in [2.24, 2.45) is 11.1 Å². The first-order valence-electron chi connectivity index (χ1n) is 12.3. The molecule has 0 aliphatic rings. The Kier molecular flexibility index (Phi) is 11.0. The third kappa shape index (κ3) is 9.41. The Bertz CT molecular complexity index is 1020. The van der Waals surface area contributed by atoms with Crippen molar-refractivity contribution in [3.8, 4) is 11.5 Å². The van der Waals surface area contributed by atoms with E-state index in [1.54, 1.807) is 33.9 Å². The van der Waals surface area contributed by atoms with E-state index in [9.17, 15) is 9.59 Å². The maximum Gasteiger partial charge on any atom is 0.315 e. The summed E-state index contributed by atoms with van der Waals surface area (Å²) >= 11 is 0. The van der Waals surface area contributed by atoms with Crippen LogP contribution in [0, 0.1) is 19.3 Å². The summed E-state index contributed by atoms with van der Waals surface area (Å²) in [5, 5.41) is 5.83. The van der Waals surface area contributed by atoms with Crippen molar-refractivity contribution >= 4 is 12.0 Å².